The summed E-state index contributed by atoms with van der Waals surface area (Å²) in [5.41, 5.74) is -0.702. The van der Waals surface area contributed by atoms with Crippen molar-refractivity contribution in [2.45, 2.75) is 18.6 Å². The van der Waals surface area contributed by atoms with Gasteiger partial charge in [-0.05, 0) is 6.07 Å². The summed E-state index contributed by atoms with van der Waals surface area (Å²) in [6.45, 7) is 1.63. The molecule has 0 unspecified atom stereocenters. The molecular weight excluding hydrogens is 306 g/mol. The largest absolute Gasteiger partial charge is 0.390 e. The Labute approximate surface area is 124 Å². The van der Waals surface area contributed by atoms with Gasteiger partial charge in [-0.1, -0.05) is 0 Å². The van der Waals surface area contributed by atoms with Gasteiger partial charge in [0.2, 0.25) is 0 Å². The van der Waals surface area contributed by atoms with E-state index in [1.807, 2.05) is 0 Å². The zero-order chi connectivity index (χ0) is 16.3. The molecule has 1 aromatic rings. The summed E-state index contributed by atoms with van der Waals surface area (Å²) in [7, 11) is 0. The number of piperazine rings is 1. The number of nitrogens with zero attached hydrogens (tertiary/aromatic N) is 2. The molecule has 1 heterocycles. The van der Waals surface area contributed by atoms with Crippen LogP contribution in [0.3, 0.4) is 0 Å². The molecule has 0 spiro atoms. The maximum atomic E-state index is 14.0. The molecule has 1 atom stereocenters. The standard InChI is InChI=1S/C13H15F4N3O2/c14-11-2-1-9(20(21)22)7-10(11)12(8-13(15,16)17)19-5-3-18-4-6-19/h1-2,7,12,18H,3-6,8H2/t12-/m1/s1. The Morgan fingerprint density at radius 2 is 1.95 bits per heavy atom. The topological polar surface area (TPSA) is 58.4 Å². The van der Waals surface area contributed by atoms with Gasteiger partial charge in [0, 0.05) is 49.9 Å². The van der Waals surface area contributed by atoms with Crippen molar-refractivity contribution in [3.8, 4) is 0 Å². The van der Waals surface area contributed by atoms with Gasteiger partial charge < -0.3 is 5.32 Å². The van der Waals surface area contributed by atoms with Crippen molar-refractivity contribution in [3.05, 3.63) is 39.7 Å². The Balaban J connectivity index is 2.38. The molecule has 22 heavy (non-hydrogen) atoms. The molecule has 2 rings (SSSR count). The van der Waals surface area contributed by atoms with E-state index in [-0.39, 0.29) is 5.56 Å². The second-order valence-electron chi connectivity index (χ2n) is 5.08. The van der Waals surface area contributed by atoms with Gasteiger partial charge in [0.15, 0.2) is 0 Å². The van der Waals surface area contributed by atoms with E-state index in [9.17, 15) is 27.7 Å². The number of rotatable bonds is 4. The Kier molecular flexibility index (Phi) is 4.97. The lowest BCUT2D eigenvalue weighted by molar-refractivity contribution is -0.385. The molecule has 0 saturated carbocycles. The van der Waals surface area contributed by atoms with Crippen LogP contribution in [0.1, 0.15) is 18.0 Å². The lowest BCUT2D eigenvalue weighted by Crippen LogP contribution is -2.46. The van der Waals surface area contributed by atoms with Crippen molar-refractivity contribution in [2.24, 2.45) is 0 Å². The number of halogens is 4. The molecule has 1 N–H and O–H groups in total. The zero-order valence-electron chi connectivity index (χ0n) is 11.6. The van der Waals surface area contributed by atoms with Crippen molar-refractivity contribution in [3.63, 3.8) is 0 Å². The van der Waals surface area contributed by atoms with Gasteiger partial charge in [-0.25, -0.2) is 4.39 Å². The average molecular weight is 321 g/mol. The highest BCUT2D eigenvalue weighted by atomic mass is 19.4. The second-order valence-corrected chi connectivity index (χ2v) is 5.08. The second kappa shape index (κ2) is 6.57. The summed E-state index contributed by atoms with van der Waals surface area (Å²) in [5.74, 6) is -0.863. The van der Waals surface area contributed by atoms with Gasteiger partial charge >= 0.3 is 6.18 Å². The number of non-ortho nitro benzene ring substituents is 1. The fourth-order valence-electron chi connectivity index (χ4n) is 2.55. The highest BCUT2D eigenvalue weighted by Crippen LogP contribution is 2.36. The normalized spacial score (nSPS) is 18.2. The van der Waals surface area contributed by atoms with Crippen molar-refractivity contribution < 1.29 is 22.5 Å². The molecule has 9 heteroatoms. The van der Waals surface area contributed by atoms with E-state index in [1.165, 1.54) is 4.90 Å². The summed E-state index contributed by atoms with van der Waals surface area (Å²) in [4.78, 5) is 11.5. The molecule has 0 aromatic heterocycles. The summed E-state index contributed by atoms with van der Waals surface area (Å²) >= 11 is 0. The van der Waals surface area contributed by atoms with Gasteiger partial charge in [0.25, 0.3) is 5.69 Å². The van der Waals surface area contributed by atoms with E-state index in [0.29, 0.717) is 26.2 Å². The third kappa shape index (κ3) is 4.14. The third-order valence-corrected chi connectivity index (χ3v) is 3.57. The highest BCUT2D eigenvalue weighted by molar-refractivity contribution is 5.37. The minimum Gasteiger partial charge on any atom is -0.314 e. The van der Waals surface area contributed by atoms with E-state index in [4.69, 9.17) is 0 Å². The molecule has 1 saturated heterocycles. The van der Waals surface area contributed by atoms with E-state index in [0.717, 1.165) is 18.2 Å². The van der Waals surface area contributed by atoms with Gasteiger partial charge in [-0.2, -0.15) is 13.2 Å². The first kappa shape index (κ1) is 16.6. The van der Waals surface area contributed by atoms with E-state index >= 15 is 0 Å². The zero-order valence-corrected chi connectivity index (χ0v) is 11.6. The van der Waals surface area contributed by atoms with Crippen LogP contribution in [0, 0.1) is 15.9 Å². The summed E-state index contributed by atoms with van der Waals surface area (Å²) in [5, 5.41) is 13.8. The van der Waals surface area contributed by atoms with Crippen LogP contribution in [0.5, 0.6) is 0 Å². The smallest absolute Gasteiger partial charge is 0.314 e. The maximum Gasteiger partial charge on any atom is 0.390 e. The van der Waals surface area contributed by atoms with E-state index in [1.54, 1.807) is 0 Å². The lowest BCUT2D eigenvalue weighted by Gasteiger charge is -2.35. The van der Waals surface area contributed by atoms with Crippen LogP contribution in [-0.4, -0.2) is 42.2 Å². The minimum atomic E-state index is -4.49. The average Bonchev–Trinajstić information content (AvgIpc) is 2.45. The highest BCUT2D eigenvalue weighted by Gasteiger charge is 2.37. The summed E-state index contributed by atoms with van der Waals surface area (Å²) in [6, 6.07) is 1.43. The van der Waals surface area contributed by atoms with Crippen LogP contribution >= 0.6 is 0 Å². The number of alkyl halides is 3. The predicted octanol–water partition coefficient (Wildman–Crippen LogP) is 2.63. The molecule has 1 aliphatic rings. The van der Waals surface area contributed by atoms with Gasteiger partial charge in [-0.3, -0.25) is 15.0 Å². The quantitative estimate of drug-likeness (QED) is 0.526. The maximum absolute atomic E-state index is 14.0. The van der Waals surface area contributed by atoms with Crippen LogP contribution in [-0.2, 0) is 0 Å². The SMILES string of the molecule is O=[N+]([O-])c1ccc(F)c([C@@H](CC(F)(F)F)N2CCNCC2)c1. The number of nitro benzene ring substituents is 1. The van der Waals surface area contributed by atoms with E-state index < -0.39 is 35.1 Å². The van der Waals surface area contributed by atoms with Gasteiger partial charge in [-0.15, -0.1) is 0 Å². The van der Waals surface area contributed by atoms with Crippen molar-refractivity contribution >= 4 is 5.69 Å². The summed E-state index contributed by atoms with van der Waals surface area (Å²) < 4.78 is 52.5. The van der Waals surface area contributed by atoms with Gasteiger partial charge in [0.05, 0.1) is 11.3 Å². The third-order valence-electron chi connectivity index (χ3n) is 3.57. The Bertz CT molecular complexity index is 545. The Morgan fingerprint density at radius 1 is 1.32 bits per heavy atom. The molecule has 0 aliphatic carbocycles. The van der Waals surface area contributed by atoms with Crippen LogP contribution < -0.4 is 5.32 Å². The van der Waals surface area contributed by atoms with Crippen LogP contribution in [0.15, 0.2) is 18.2 Å². The fourth-order valence-corrected chi connectivity index (χ4v) is 2.55. The van der Waals surface area contributed by atoms with Crippen LogP contribution in [0.2, 0.25) is 0 Å². The van der Waals surface area contributed by atoms with Crippen LogP contribution in [0.25, 0.3) is 0 Å². The van der Waals surface area contributed by atoms with Gasteiger partial charge in [0.1, 0.15) is 5.82 Å². The first-order chi connectivity index (χ1) is 10.3. The number of hydrogen-bond acceptors (Lipinski definition) is 4. The number of benzene rings is 1. The molecule has 0 bridgehead atoms. The monoisotopic (exact) mass is 321 g/mol. The van der Waals surface area contributed by atoms with Crippen molar-refractivity contribution in [1.82, 2.24) is 10.2 Å². The van der Waals surface area contributed by atoms with Crippen LogP contribution in [0.4, 0.5) is 23.2 Å². The van der Waals surface area contributed by atoms with Crippen molar-refractivity contribution in [1.29, 1.82) is 0 Å². The fraction of sp³-hybridized carbons (Fsp3) is 0.538. The minimum absolute atomic E-state index is 0.284. The Morgan fingerprint density at radius 3 is 2.50 bits per heavy atom. The predicted molar refractivity (Wildman–Crippen MR) is 70.9 cm³/mol. The molecule has 5 nitrogen and oxygen atoms in total. The molecular formula is C13H15F4N3O2. The molecule has 1 fully saturated rings. The first-order valence-corrected chi connectivity index (χ1v) is 6.73. The molecule has 122 valence electrons. The number of nitro groups is 1. The lowest BCUT2D eigenvalue weighted by atomic mass is 9.99. The Hall–Kier alpha value is -1.74. The molecule has 1 aliphatic heterocycles. The summed E-state index contributed by atoms with van der Waals surface area (Å²) in [6.07, 6.45) is -5.74. The molecule has 0 radical (unpaired) electrons. The first-order valence-electron chi connectivity index (χ1n) is 6.73. The number of hydrogen-bond donors (Lipinski definition) is 1. The molecule has 0 amide bonds. The number of nitrogens with one attached hydrogen (secondary N) is 1. The molecule has 1 aromatic carbocycles. The van der Waals surface area contributed by atoms with Crippen molar-refractivity contribution in [2.75, 3.05) is 26.2 Å². The van der Waals surface area contributed by atoms with E-state index in [2.05, 4.69) is 5.32 Å².